The molecule has 20 heavy (non-hydrogen) atoms. The van der Waals surface area contributed by atoms with Gasteiger partial charge in [0.25, 0.3) is 0 Å². The summed E-state index contributed by atoms with van der Waals surface area (Å²) in [5, 5.41) is 0. The van der Waals surface area contributed by atoms with Crippen molar-refractivity contribution < 1.29 is 0 Å². The first kappa shape index (κ1) is 14.3. The first-order valence-corrected chi connectivity index (χ1v) is 6.77. The molecule has 0 N–H and O–H groups in total. The van der Waals surface area contributed by atoms with Crippen LogP contribution in [0.25, 0.3) is 0 Å². The molecule has 0 aromatic heterocycles. The molecule has 2 rings (SSSR count). The van der Waals surface area contributed by atoms with Crippen molar-refractivity contribution in [1.29, 1.82) is 0 Å². The van der Waals surface area contributed by atoms with E-state index < -0.39 is 0 Å². The van der Waals surface area contributed by atoms with Gasteiger partial charge in [-0.1, -0.05) is 12.1 Å². The third-order valence-corrected chi connectivity index (χ3v) is 3.47. The van der Waals surface area contributed by atoms with E-state index in [0.29, 0.717) is 0 Å². The fourth-order valence-corrected chi connectivity index (χ4v) is 2.11. The van der Waals surface area contributed by atoms with Crippen LogP contribution in [0.4, 0.5) is 22.7 Å². The molecule has 0 bridgehead atoms. The van der Waals surface area contributed by atoms with E-state index >= 15 is 0 Å². The molecule has 0 heterocycles. The van der Waals surface area contributed by atoms with Gasteiger partial charge in [0.2, 0.25) is 0 Å². The summed E-state index contributed by atoms with van der Waals surface area (Å²) >= 11 is 0. The quantitative estimate of drug-likeness (QED) is 0.840. The molecule has 0 aliphatic carbocycles. The second kappa shape index (κ2) is 5.87. The van der Waals surface area contributed by atoms with Crippen molar-refractivity contribution in [3.8, 4) is 0 Å². The molecule has 0 atom stereocenters. The second-order valence-corrected chi connectivity index (χ2v) is 5.39. The van der Waals surface area contributed by atoms with E-state index in [1.165, 1.54) is 22.7 Å². The van der Waals surface area contributed by atoms with Gasteiger partial charge in [-0.05, 0) is 36.4 Å². The number of hydrogen-bond donors (Lipinski definition) is 0. The molecule has 0 amide bonds. The SMILES string of the molecule is CN(C)c1cccc(N(C)c2cccc(N(C)C)c2)c1. The van der Waals surface area contributed by atoms with Crippen LogP contribution in [-0.2, 0) is 0 Å². The Hall–Kier alpha value is -2.16. The van der Waals surface area contributed by atoms with E-state index in [1.54, 1.807) is 0 Å². The largest absolute Gasteiger partial charge is 0.378 e. The first-order valence-electron chi connectivity index (χ1n) is 6.77. The molecule has 0 unspecified atom stereocenters. The average molecular weight is 269 g/mol. The van der Waals surface area contributed by atoms with Gasteiger partial charge >= 0.3 is 0 Å². The number of anilines is 4. The first-order chi connectivity index (χ1) is 9.49. The van der Waals surface area contributed by atoms with E-state index in [0.717, 1.165) is 0 Å². The maximum Gasteiger partial charge on any atom is 0.0428 e. The third-order valence-electron chi connectivity index (χ3n) is 3.47. The molecule has 0 saturated carbocycles. The maximum atomic E-state index is 2.21. The highest BCUT2D eigenvalue weighted by Crippen LogP contribution is 2.28. The highest BCUT2D eigenvalue weighted by Gasteiger charge is 2.06. The molecule has 3 nitrogen and oxygen atoms in total. The highest BCUT2D eigenvalue weighted by molar-refractivity contribution is 5.69. The number of rotatable bonds is 4. The van der Waals surface area contributed by atoms with Gasteiger partial charge in [-0.3, -0.25) is 0 Å². The Kier molecular flexibility index (Phi) is 4.18. The molecular formula is C17H23N3. The Morgan fingerprint density at radius 3 is 1.25 bits per heavy atom. The summed E-state index contributed by atoms with van der Waals surface area (Å²) in [4.78, 5) is 6.45. The zero-order valence-electron chi connectivity index (χ0n) is 13.0. The number of benzene rings is 2. The Balaban J connectivity index is 2.33. The van der Waals surface area contributed by atoms with Crippen LogP contribution in [0.3, 0.4) is 0 Å². The fraction of sp³-hybridized carbons (Fsp3) is 0.294. The van der Waals surface area contributed by atoms with E-state index in [-0.39, 0.29) is 0 Å². The predicted molar refractivity (Wildman–Crippen MR) is 89.6 cm³/mol. The van der Waals surface area contributed by atoms with Gasteiger partial charge in [0.15, 0.2) is 0 Å². The standard InChI is InChI=1S/C17H23N3/c1-18(2)14-8-6-10-16(12-14)20(5)17-11-7-9-15(13-17)19(3)4/h6-13H,1-5H3. The Morgan fingerprint density at radius 2 is 0.900 bits per heavy atom. The van der Waals surface area contributed by atoms with Gasteiger partial charge in [0.1, 0.15) is 0 Å². The summed E-state index contributed by atoms with van der Waals surface area (Å²) in [6.07, 6.45) is 0. The normalized spacial score (nSPS) is 10.2. The molecule has 2 aromatic rings. The highest BCUT2D eigenvalue weighted by atomic mass is 15.1. The topological polar surface area (TPSA) is 9.72 Å². The van der Waals surface area contributed by atoms with Crippen molar-refractivity contribution in [3.05, 3.63) is 48.5 Å². The molecule has 0 radical (unpaired) electrons. The van der Waals surface area contributed by atoms with E-state index in [9.17, 15) is 0 Å². The maximum absolute atomic E-state index is 2.21. The summed E-state index contributed by atoms with van der Waals surface area (Å²) in [6, 6.07) is 17.1. The lowest BCUT2D eigenvalue weighted by atomic mass is 10.2. The molecule has 2 aromatic carbocycles. The van der Waals surface area contributed by atoms with Gasteiger partial charge < -0.3 is 14.7 Å². The van der Waals surface area contributed by atoms with Crippen LogP contribution in [0.15, 0.2) is 48.5 Å². The van der Waals surface area contributed by atoms with Crippen LogP contribution < -0.4 is 14.7 Å². The summed E-state index contributed by atoms with van der Waals surface area (Å²) in [7, 11) is 10.3. The van der Waals surface area contributed by atoms with Gasteiger partial charge in [0.05, 0.1) is 0 Å². The Morgan fingerprint density at radius 1 is 0.550 bits per heavy atom. The summed E-state index contributed by atoms with van der Waals surface area (Å²) in [6.45, 7) is 0. The van der Waals surface area contributed by atoms with E-state index in [1.807, 2.05) is 0 Å². The minimum Gasteiger partial charge on any atom is -0.378 e. The van der Waals surface area contributed by atoms with Crippen LogP contribution in [0.5, 0.6) is 0 Å². The van der Waals surface area contributed by atoms with Crippen LogP contribution in [0, 0.1) is 0 Å². The third kappa shape index (κ3) is 3.05. The van der Waals surface area contributed by atoms with Crippen LogP contribution >= 0.6 is 0 Å². The zero-order chi connectivity index (χ0) is 14.7. The van der Waals surface area contributed by atoms with E-state index in [2.05, 4.69) is 98.5 Å². The lowest BCUT2D eigenvalue weighted by Gasteiger charge is -2.23. The van der Waals surface area contributed by atoms with Gasteiger partial charge in [-0.25, -0.2) is 0 Å². The van der Waals surface area contributed by atoms with Crippen molar-refractivity contribution in [2.75, 3.05) is 49.9 Å². The van der Waals surface area contributed by atoms with Crippen molar-refractivity contribution in [2.45, 2.75) is 0 Å². The summed E-state index contributed by atoms with van der Waals surface area (Å²) < 4.78 is 0. The number of nitrogens with zero attached hydrogens (tertiary/aromatic N) is 3. The summed E-state index contributed by atoms with van der Waals surface area (Å²) in [5.74, 6) is 0. The van der Waals surface area contributed by atoms with Crippen LogP contribution in [0.2, 0.25) is 0 Å². The number of hydrogen-bond acceptors (Lipinski definition) is 3. The smallest absolute Gasteiger partial charge is 0.0428 e. The molecule has 0 aliphatic heterocycles. The predicted octanol–water partition coefficient (Wildman–Crippen LogP) is 3.59. The van der Waals surface area contributed by atoms with Gasteiger partial charge in [-0.15, -0.1) is 0 Å². The molecule has 0 aliphatic rings. The van der Waals surface area contributed by atoms with Crippen LogP contribution in [0.1, 0.15) is 0 Å². The summed E-state index contributed by atoms with van der Waals surface area (Å²) in [5.41, 5.74) is 4.79. The lowest BCUT2D eigenvalue weighted by Crippen LogP contribution is -2.13. The minimum atomic E-state index is 1.19. The fourth-order valence-electron chi connectivity index (χ4n) is 2.11. The van der Waals surface area contributed by atoms with Crippen LogP contribution in [-0.4, -0.2) is 35.2 Å². The molecular weight excluding hydrogens is 246 g/mol. The average Bonchev–Trinajstić information content (AvgIpc) is 2.46. The van der Waals surface area contributed by atoms with Crippen molar-refractivity contribution in [1.82, 2.24) is 0 Å². The lowest BCUT2D eigenvalue weighted by molar-refractivity contribution is 1.11. The molecule has 0 spiro atoms. The van der Waals surface area contributed by atoms with Gasteiger partial charge in [0, 0.05) is 58.0 Å². The Bertz CT molecular complexity index is 524. The Labute approximate surface area is 122 Å². The van der Waals surface area contributed by atoms with Crippen molar-refractivity contribution in [3.63, 3.8) is 0 Å². The molecule has 3 heteroatoms. The van der Waals surface area contributed by atoms with Gasteiger partial charge in [-0.2, -0.15) is 0 Å². The molecule has 106 valence electrons. The second-order valence-electron chi connectivity index (χ2n) is 5.39. The monoisotopic (exact) mass is 269 g/mol. The van der Waals surface area contributed by atoms with Crippen molar-refractivity contribution >= 4 is 22.7 Å². The molecule has 0 fully saturated rings. The molecule has 0 saturated heterocycles. The van der Waals surface area contributed by atoms with Crippen molar-refractivity contribution in [2.24, 2.45) is 0 Å². The zero-order valence-corrected chi connectivity index (χ0v) is 13.0. The van der Waals surface area contributed by atoms with E-state index in [4.69, 9.17) is 0 Å². The minimum absolute atomic E-state index is 1.19.